The van der Waals surface area contributed by atoms with Crippen molar-refractivity contribution in [1.82, 2.24) is 0 Å². The SMILES string of the molecule is Fc1ccc(Br)c(F)c1CC1(CBr)CCCCC1. The van der Waals surface area contributed by atoms with Crippen LogP contribution in [0, 0.1) is 17.0 Å². The maximum absolute atomic E-state index is 14.0. The summed E-state index contributed by atoms with van der Waals surface area (Å²) >= 11 is 6.67. The van der Waals surface area contributed by atoms with E-state index in [1.165, 1.54) is 18.6 Å². The summed E-state index contributed by atoms with van der Waals surface area (Å²) in [5.74, 6) is -0.873. The van der Waals surface area contributed by atoms with Gasteiger partial charge in [0.05, 0.1) is 4.47 Å². The molecule has 0 aliphatic heterocycles. The Morgan fingerprint density at radius 2 is 1.78 bits per heavy atom. The fraction of sp³-hybridized carbons (Fsp3) is 0.571. The van der Waals surface area contributed by atoms with Gasteiger partial charge in [0.25, 0.3) is 0 Å². The van der Waals surface area contributed by atoms with Crippen LogP contribution < -0.4 is 0 Å². The molecule has 0 bridgehead atoms. The summed E-state index contributed by atoms with van der Waals surface area (Å²) < 4.78 is 28.2. The minimum atomic E-state index is -0.444. The van der Waals surface area contributed by atoms with Crippen molar-refractivity contribution in [2.75, 3.05) is 5.33 Å². The summed E-state index contributed by atoms with van der Waals surface area (Å²) in [5.41, 5.74) is 0.242. The van der Waals surface area contributed by atoms with Crippen molar-refractivity contribution in [3.8, 4) is 0 Å². The van der Waals surface area contributed by atoms with E-state index in [1.54, 1.807) is 0 Å². The minimum Gasteiger partial charge on any atom is -0.207 e. The van der Waals surface area contributed by atoms with Crippen LogP contribution in [-0.2, 0) is 6.42 Å². The molecule has 1 aromatic rings. The molecule has 0 heterocycles. The number of rotatable bonds is 3. The average molecular weight is 382 g/mol. The molecule has 4 heteroatoms. The van der Waals surface area contributed by atoms with Gasteiger partial charge in [-0.2, -0.15) is 0 Å². The first kappa shape index (κ1) is 14.4. The van der Waals surface area contributed by atoms with E-state index in [2.05, 4.69) is 31.9 Å². The summed E-state index contributed by atoms with van der Waals surface area (Å²) in [7, 11) is 0. The molecule has 1 fully saturated rings. The first-order valence-electron chi connectivity index (χ1n) is 6.26. The van der Waals surface area contributed by atoms with Crippen molar-refractivity contribution >= 4 is 31.9 Å². The quantitative estimate of drug-likeness (QED) is 0.471. The van der Waals surface area contributed by atoms with E-state index in [4.69, 9.17) is 0 Å². The minimum absolute atomic E-state index is 0.0146. The molecule has 0 nitrogen and oxygen atoms in total. The van der Waals surface area contributed by atoms with Gasteiger partial charge in [0.1, 0.15) is 11.6 Å². The van der Waals surface area contributed by atoms with Gasteiger partial charge in [-0.1, -0.05) is 35.2 Å². The molecule has 0 unspecified atom stereocenters. The second-order valence-electron chi connectivity index (χ2n) is 5.19. The zero-order valence-corrected chi connectivity index (χ0v) is 13.3. The van der Waals surface area contributed by atoms with Gasteiger partial charge in [-0.15, -0.1) is 0 Å². The number of alkyl halides is 1. The second kappa shape index (κ2) is 6.00. The van der Waals surface area contributed by atoms with E-state index >= 15 is 0 Å². The third kappa shape index (κ3) is 2.96. The molecule has 0 N–H and O–H groups in total. The van der Waals surface area contributed by atoms with Gasteiger partial charge in [0.15, 0.2) is 0 Å². The number of hydrogen-bond donors (Lipinski definition) is 0. The van der Waals surface area contributed by atoms with Gasteiger partial charge >= 0.3 is 0 Å². The third-order valence-corrected chi connectivity index (χ3v) is 5.69. The summed E-state index contributed by atoms with van der Waals surface area (Å²) in [5, 5.41) is 0.811. The van der Waals surface area contributed by atoms with Crippen LogP contribution in [0.2, 0.25) is 0 Å². The van der Waals surface area contributed by atoms with E-state index in [1.807, 2.05) is 0 Å². The molecule has 1 aromatic carbocycles. The lowest BCUT2D eigenvalue weighted by Gasteiger charge is -2.36. The van der Waals surface area contributed by atoms with Crippen LogP contribution in [-0.4, -0.2) is 5.33 Å². The molecule has 0 saturated heterocycles. The molecular formula is C14H16Br2F2. The molecule has 0 amide bonds. The fourth-order valence-corrected chi connectivity index (χ4v) is 3.90. The number of hydrogen-bond acceptors (Lipinski definition) is 0. The van der Waals surface area contributed by atoms with Crippen molar-refractivity contribution in [3.05, 3.63) is 33.8 Å². The van der Waals surface area contributed by atoms with Crippen LogP contribution in [0.1, 0.15) is 37.7 Å². The lowest BCUT2D eigenvalue weighted by atomic mass is 9.72. The highest BCUT2D eigenvalue weighted by atomic mass is 79.9. The second-order valence-corrected chi connectivity index (χ2v) is 6.61. The highest BCUT2D eigenvalue weighted by Gasteiger charge is 2.33. The maximum atomic E-state index is 14.0. The Bertz CT molecular complexity index is 426. The summed E-state index contributed by atoms with van der Waals surface area (Å²) in [6, 6.07) is 2.77. The predicted molar refractivity (Wildman–Crippen MR) is 77.1 cm³/mol. The highest BCUT2D eigenvalue weighted by molar-refractivity contribution is 9.10. The van der Waals surface area contributed by atoms with Crippen LogP contribution in [0.25, 0.3) is 0 Å². The molecule has 0 radical (unpaired) electrons. The Morgan fingerprint density at radius 3 is 2.39 bits per heavy atom. The lowest BCUT2D eigenvalue weighted by molar-refractivity contribution is 0.218. The van der Waals surface area contributed by atoms with E-state index in [9.17, 15) is 8.78 Å². The molecule has 1 aliphatic carbocycles. The van der Waals surface area contributed by atoms with Gasteiger partial charge in [-0.05, 0) is 52.7 Å². The molecule has 18 heavy (non-hydrogen) atoms. The van der Waals surface area contributed by atoms with Crippen molar-refractivity contribution in [2.45, 2.75) is 38.5 Å². The monoisotopic (exact) mass is 380 g/mol. The Balaban J connectivity index is 2.29. The first-order valence-corrected chi connectivity index (χ1v) is 8.18. The first-order chi connectivity index (χ1) is 8.58. The topological polar surface area (TPSA) is 0 Å². The highest BCUT2D eigenvalue weighted by Crippen LogP contribution is 2.42. The normalized spacial score (nSPS) is 18.9. The summed E-state index contributed by atoms with van der Waals surface area (Å²) in [4.78, 5) is 0. The van der Waals surface area contributed by atoms with Crippen LogP contribution in [0.5, 0.6) is 0 Å². The maximum Gasteiger partial charge on any atom is 0.143 e. The lowest BCUT2D eigenvalue weighted by Crippen LogP contribution is -2.29. The van der Waals surface area contributed by atoms with Crippen LogP contribution in [0.3, 0.4) is 0 Å². The van der Waals surface area contributed by atoms with Crippen LogP contribution in [0.15, 0.2) is 16.6 Å². The van der Waals surface area contributed by atoms with Gasteiger partial charge < -0.3 is 0 Å². The van der Waals surface area contributed by atoms with Gasteiger partial charge in [0, 0.05) is 10.9 Å². The van der Waals surface area contributed by atoms with Crippen molar-refractivity contribution < 1.29 is 8.78 Å². The Kier molecular flexibility index (Phi) is 4.81. The Morgan fingerprint density at radius 1 is 1.11 bits per heavy atom. The zero-order valence-electron chi connectivity index (χ0n) is 10.1. The summed E-state index contributed by atoms with van der Waals surface area (Å²) in [6.07, 6.45) is 6.12. The standard InChI is InChI=1S/C14H16Br2F2/c15-9-14(6-2-1-3-7-14)8-10-12(17)5-4-11(16)13(10)18/h4-5H,1-3,6-9H2. The van der Waals surface area contributed by atoms with Crippen LogP contribution >= 0.6 is 31.9 Å². The molecule has 0 spiro atoms. The van der Waals surface area contributed by atoms with Gasteiger partial charge in [-0.25, -0.2) is 8.78 Å². The molecule has 0 aromatic heterocycles. The number of benzene rings is 1. The van der Waals surface area contributed by atoms with Gasteiger partial charge in [-0.3, -0.25) is 0 Å². The van der Waals surface area contributed by atoms with E-state index in [-0.39, 0.29) is 11.0 Å². The average Bonchev–Trinajstić information content (AvgIpc) is 2.40. The smallest absolute Gasteiger partial charge is 0.143 e. The van der Waals surface area contributed by atoms with Crippen molar-refractivity contribution in [3.63, 3.8) is 0 Å². The van der Waals surface area contributed by atoms with E-state index in [0.717, 1.165) is 31.0 Å². The molecule has 100 valence electrons. The molecule has 1 saturated carbocycles. The van der Waals surface area contributed by atoms with Crippen LogP contribution in [0.4, 0.5) is 8.78 Å². The van der Waals surface area contributed by atoms with Crippen molar-refractivity contribution in [2.24, 2.45) is 5.41 Å². The Hall–Kier alpha value is 0.0400. The van der Waals surface area contributed by atoms with E-state index in [0.29, 0.717) is 10.9 Å². The molecular weight excluding hydrogens is 366 g/mol. The Labute approximate surface area is 123 Å². The largest absolute Gasteiger partial charge is 0.207 e. The van der Waals surface area contributed by atoms with Crippen molar-refractivity contribution in [1.29, 1.82) is 0 Å². The van der Waals surface area contributed by atoms with Gasteiger partial charge in [0.2, 0.25) is 0 Å². The zero-order chi connectivity index (χ0) is 13.2. The number of halogens is 4. The fourth-order valence-electron chi connectivity index (χ4n) is 2.77. The van der Waals surface area contributed by atoms with E-state index < -0.39 is 11.6 Å². The molecule has 1 aliphatic rings. The molecule has 2 rings (SSSR count). The third-order valence-electron chi connectivity index (χ3n) is 3.89. The summed E-state index contributed by atoms with van der Waals surface area (Å²) in [6.45, 7) is 0. The molecule has 0 atom stereocenters. The predicted octanol–water partition coefficient (Wildman–Crippen LogP) is 5.62.